The quantitative estimate of drug-likeness (QED) is 0.442. The number of hydrogen-bond acceptors (Lipinski definition) is 4. The predicted molar refractivity (Wildman–Crippen MR) is 120 cm³/mol. The van der Waals surface area contributed by atoms with Crippen LogP contribution >= 0.6 is 0 Å². The summed E-state index contributed by atoms with van der Waals surface area (Å²) in [5, 5.41) is 11.8. The van der Waals surface area contributed by atoms with Crippen molar-refractivity contribution in [2.75, 3.05) is 6.61 Å². The van der Waals surface area contributed by atoms with Crippen molar-refractivity contribution in [1.82, 2.24) is 0 Å². The van der Waals surface area contributed by atoms with Crippen LogP contribution in [0.15, 0.2) is 11.6 Å². The molecule has 1 heterocycles. The third-order valence-electron chi connectivity index (χ3n) is 11.2. The average Bonchev–Trinajstić information content (AvgIpc) is 3.06. The maximum absolute atomic E-state index is 11.8. The maximum Gasteiger partial charge on any atom is 0.304 e. The van der Waals surface area contributed by atoms with Gasteiger partial charge in [-0.3, -0.25) is 4.79 Å². The number of fused-ring (bicyclic) bond motifs is 7. The molecular weight excluding hydrogens is 388 g/mol. The molecule has 1 aliphatic heterocycles. The van der Waals surface area contributed by atoms with E-state index in [4.69, 9.17) is 9.47 Å². The van der Waals surface area contributed by atoms with Crippen LogP contribution in [0.1, 0.15) is 86.5 Å². The third-order valence-corrected chi connectivity index (χ3v) is 11.2. The highest BCUT2D eigenvalue weighted by atomic mass is 16.7. The number of aliphatic hydroxyl groups excluding tert-OH is 1. The second-order valence-electron chi connectivity index (χ2n) is 12.9. The first kappa shape index (κ1) is 21.9. The molecule has 9 atom stereocenters. The van der Waals surface area contributed by atoms with Gasteiger partial charge in [0.15, 0.2) is 0 Å². The predicted octanol–water partition coefficient (Wildman–Crippen LogP) is 5.49. The van der Waals surface area contributed by atoms with E-state index in [2.05, 4.69) is 40.7 Å². The smallest absolute Gasteiger partial charge is 0.304 e. The molecule has 174 valence electrons. The van der Waals surface area contributed by atoms with Crippen LogP contribution in [-0.4, -0.2) is 30.1 Å². The van der Waals surface area contributed by atoms with Crippen LogP contribution in [0, 0.1) is 45.3 Å². The first-order chi connectivity index (χ1) is 14.4. The van der Waals surface area contributed by atoms with Crippen LogP contribution in [0.5, 0.6) is 0 Å². The van der Waals surface area contributed by atoms with E-state index in [9.17, 15) is 9.90 Å². The Balaban J connectivity index is 1.56. The van der Waals surface area contributed by atoms with Crippen LogP contribution < -0.4 is 0 Å². The Kier molecular flexibility index (Phi) is 4.83. The number of aliphatic hydroxyl groups is 1. The Morgan fingerprint density at radius 3 is 2.48 bits per heavy atom. The van der Waals surface area contributed by atoms with Gasteiger partial charge >= 0.3 is 5.97 Å². The molecule has 4 nitrogen and oxygen atoms in total. The van der Waals surface area contributed by atoms with E-state index in [1.807, 2.05) is 0 Å². The van der Waals surface area contributed by atoms with Gasteiger partial charge in [-0.05, 0) is 78.1 Å². The average molecular weight is 431 g/mol. The highest BCUT2D eigenvalue weighted by Gasteiger charge is 2.69. The minimum Gasteiger partial charge on any atom is -0.435 e. The van der Waals surface area contributed by atoms with Gasteiger partial charge in [-0.15, -0.1) is 0 Å². The lowest BCUT2D eigenvalue weighted by atomic mass is 9.34. The van der Waals surface area contributed by atoms with E-state index in [0.717, 1.165) is 18.8 Å². The molecule has 0 aromatic carbocycles. The molecule has 0 aromatic heterocycles. The summed E-state index contributed by atoms with van der Waals surface area (Å²) in [7, 11) is 0. The van der Waals surface area contributed by atoms with Crippen molar-refractivity contribution in [1.29, 1.82) is 0 Å². The fourth-order valence-corrected chi connectivity index (χ4v) is 9.96. The minimum absolute atomic E-state index is 0.0312. The summed E-state index contributed by atoms with van der Waals surface area (Å²) in [6, 6.07) is 0. The van der Waals surface area contributed by atoms with Gasteiger partial charge in [0.05, 0.1) is 18.6 Å². The standard InChI is InChI=1S/C27H42O4/c1-16(28)31-23-22-17(15-30-23)8-9-19-26(5)13-10-18-24(2,3)11-7-12-25(18,4)20(26)14-21(29)27(19,22)6/h8,18-23,29H,7,9-15H2,1-6H3. The summed E-state index contributed by atoms with van der Waals surface area (Å²) in [5.74, 6) is 1.32. The zero-order valence-electron chi connectivity index (χ0n) is 20.4. The zero-order valence-corrected chi connectivity index (χ0v) is 20.4. The summed E-state index contributed by atoms with van der Waals surface area (Å²) in [4.78, 5) is 11.8. The largest absolute Gasteiger partial charge is 0.435 e. The Morgan fingerprint density at radius 1 is 1.06 bits per heavy atom. The molecule has 0 spiro atoms. The molecule has 0 amide bonds. The van der Waals surface area contributed by atoms with Crippen molar-refractivity contribution in [3.63, 3.8) is 0 Å². The van der Waals surface area contributed by atoms with E-state index in [0.29, 0.717) is 29.3 Å². The monoisotopic (exact) mass is 430 g/mol. The fraction of sp³-hybridized carbons (Fsp3) is 0.889. The molecule has 0 bridgehead atoms. The van der Waals surface area contributed by atoms with E-state index in [-0.39, 0.29) is 22.7 Å². The van der Waals surface area contributed by atoms with Gasteiger partial charge in [-0.1, -0.05) is 47.1 Å². The maximum atomic E-state index is 11.8. The lowest BCUT2D eigenvalue weighted by molar-refractivity contribution is -0.250. The van der Waals surface area contributed by atoms with Crippen LogP contribution in [0.4, 0.5) is 0 Å². The van der Waals surface area contributed by atoms with Crippen molar-refractivity contribution in [2.24, 2.45) is 45.3 Å². The van der Waals surface area contributed by atoms with Gasteiger partial charge in [-0.25, -0.2) is 0 Å². The van der Waals surface area contributed by atoms with Gasteiger partial charge in [-0.2, -0.15) is 0 Å². The molecule has 1 saturated heterocycles. The lowest BCUT2D eigenvalue weighted by Gasteiger charge is -2.70. The Hall–Kier alpha value is -0.870. The van der Waals surface area contributed by atoms with E-state index < -0.39 is 12.4 Å². The van der Waals surface area contributed by atoms with E-state index >= 15 is 0 Å². The summed E-state index contributed by atoms with van der Waals surface area (Å²) >= 11 is 0. The Morgan fingerprint density at radius 2 is 1.77 bits per heavy atom. The van der Waals surface area contributed by atoms with Gasteiger partial charge < -0.3 is 14.6 Å². The molecule has 0 radical (unpaired) electrons. The Labute approximate surface area is 188 Å². The van der Waals surface area contributed by atoms with Crippen LogP contribution in [-0.2, 0) is 14.3 Å². The van der Waals surface area contributed by atoms with E-state index in [1.165, 1.54) is 44.6 Å². The SMILES string of the molecule is CC(=O)OC1OCC2=CCC3C4(C)CCC5C(C)(C)CCCC5(C)C4CC(O)C3(C)C21. The van der Waals surface area contributed by atoms with Gasteiger partial charge in [0, 0.05) is 12.3 Å². The van der Waals surface area contributed by atoms with Crippen molar-refractivity contribution in [3.8, 4) is 0 Å². The van der Waals surface area contributed by atoms with Crippen LogP contribution in [0.25, 0.3) is 0 Å². The molecule has 1 N–H and O–H groups in total. The van der Waals surface area contributed by atoms with Gasteiger partial charge in [0.25, 0.3) is 0 Å². The number of esters is 1. The number of allylic oxidation sites excluding steroid dienone is 1. The topological polar surface area (TPSA) is 55.8 Å². The summed E-state index contributed by atoms with van der Waals surface area (Å²) in [6.45, 7) is 14.3. The van der Waals surface area contributed by atoms with Crippen LogP contribution in [0.2, 0.25) is 0 Å². The van der Waals surface area contributed by atoms with Crippen molar-refractivity contribution >= 4 is 5.97 Å². The number of carbonyl (C=O) groups excluding carboxylic acids is 1. The second kappa shape index (κ2) is 6.82. The molecule has 5 aliphatic rings. The number of ether oxygens (including phenoxy) is 2. The molecule has 5 rings (SSSR count). The van der Waals surface area contributed by atoms with Crippen molar-refractivity contribution in [2.45, 2.75) is 98.9 Å². The van der Waals surface area contributed by atoms with Crippen LogP contribution in [0.3, 0.4) is 0 Å². The summed E-state index contributed by atoms with van der Waals surface area (Å²) < 4.78 is 11.6. The number of hydrogen-bond donors (Lipinski definition) is 1. The molecule has 9 unspecified atom stereocenters. The first-order valence-electron chi connectivity index (χ1n) is 12.6. The van der Waals surface area contributed by atoms with Gasteiger partial charge in [0.2, 0.25) is 6.29 Å². The minimum atomic E-state index is -0.563. The third kappa shape index (κ3) is 2.82. The lowest BCUT2D eigenvalue weighted by Crippen LogP contribution is -2.66. The highest BCUT2D eigenvalue weighted by Crippen LogP contribution is 2.73. The fourth-order valence-electron chi connectivity index (χ4n) is 9.96. The molecule has 0 aromatic rings. The second-order valence-corrected chi connectivity index (χ2v) is 12.9. The van der Waals surface area contributed by atoms with Gasteiger partial charge in [0.1, 0.15) is 0 Å². The molecule has 4 aliphatic carbocycles. The van der Waals surface area contributed by atoms with E-state index in [1.54, 1.807) is 0 Å². The van der Waals surface area contributed by atoms with Crippen molar-refractivity contribution in [3.05, 3.63) is 11.6 Å². The number of rotatable bonds is 1. The van der Waals surface area contributed by atoms with Crippen molar-refractivity contribution < 1.29 is 19.4 Å². The molecule has 31 heavy (non-hydrogen) atoms. The molecule has 3 saturated carbocycles. The highest BCUT2D eigenvalue weighted by molar-refractivity contribution is 5.66. The normalized spacial score (nSPS) is 52.8. The molecule has 4 fully saturated rings. The first-order valence-corrected chi connectivity index (χ1v) is 12.6. The molecular formula is C27H42O4. The number of carbonyl (C=O) groups is 1. The molecule has 4 heteroatoms. The Bertz CT molecular complexity index is 801. The zero-order chi connectivity index (χ0) is 22.4. The summed E-state index contributed by atoms with van der Waals surface area (Å²) in [5.41, 5.74) is 1.78. The summed E-state index contributed by atoms with van der Waals surface area (Å²) in [6.07, 6.45) is 9.73.